The third kappa shape index (κ3) is 4.57. The fourth-order valence-electron chi connectivity index (χ4n) is 0.993. The van der Waals surface area contributed by atoms with Crippen LogP contribution in [0.3, 0.4) is 0 Å². The fraction of sp³-hybridized carbons (Fsp3) is 0.778. The molecule has 0 bridgehead atoms. The first kappa shape index (κ1) is 12.8. The lowest BCUT2D eigenvalue weighted by molar-refractivity contribution is 0.110. The minimum Gasteiger partial charge on any atom is -0.374 e. The van der Waals surface area contributed by atoms with Crippen LogP contribution in [0.1, 0.15) is 26.2 Å². The second-order valence-electron chi connectivity index (χ2n) is 2.77. The lowest BCUT2D eigenvalue weighted by atomic mass is 10.3. The van der Waals surface area contributed by atoms with E-state index in [0.29, 0.717) is 6.61 Å². The average Bonchev–Trinajstić information content (AvgIpc) is 2.20. The number of hydrogen-bond donors (Lipinski definition) is 0. The quantitative estimate of drug-likeness (QED) is 0.448. The Hall–Kier alpha value is -0.163. The van der Waals surface area contributed by atoms with E-state index >= 15 is 0 Å². The van der Waals surface area contributed by atoms with Crippen molar-refractivity contribution in [1.82, 2.24) is 0 Å². The predicted molar refractivity (Wildman–Crippen MR) is 55.4 cm³/mol. The largest absolute Gasteiger partial charge is 0.528 e. The molecule has 0 amide bonds. The van der Waals surface area contributed by atoms with Crippen LogP contribution in [-0.2, 0) is 13.3 Å². The molecule has 0 saturated heterocycles. The normalized spacial score (nSPS) is 11.6. The van der Waals surface area contributed by atoms with Gasteiger partial charge in [-0.25, -0.2) is 0 Å². The second kappa shape index (κ2) is 7.26. The topological polar surface area (TPSA) is 27.7 Å². The van der Waals surface area contributed by atoms with E-state index in [4.69, 9.17) is 13.3 Å². The van der Waals surface area contributed by atoms with Gasteiger partial charge in [-0.3, -0.25) is 0 Å². The van der Waals surface area contributed by atoms with Gasteiger partial charge in [-0.2, -0.15) is 0 Å². The summed E-state index contributed by atoms with van der Waals surface area (Å²) in [6.07, 6.45) is 3.41. The maximum atomic E-state index is 5.56. The van der Waals surface area contributed by atoms with Crippen molar-refractivity contribution in [3.63, 3.8) is 0 Å². The van der Waals surface area contributed by atoms with Gasteiger partial charge < -0.3 is 13.3 Å². The molecule has 0 aliphatic heterocycles. The summed E-state index contributed by atoms with van der Waals surface area (Å²) < 4.78 is 15.9. The summed E-state index contributed by atoms with van der Waals surface area (Å²) in [6, 6.07) is 0. The van der Waals surface area contributed by atoms with Crippen molar-refractivity contribution in [3.8, 4) is 0 Å². The molecule has 0 aromatic heterocycles. The van der Waals surface area contributed by atoms with Crippen LogP contribution < -0.4 is 0 Å². The van der Waals surface area contributed by atoms with E-state index in [2.05, 4.69) is 13.5 Å². The first-order valence-corrected chi connectivity index (χ1v) is 6.42. The number of hydrogen-bond acceptors (Lipinski definition) is 3. The van der Waals surface area contributed by atoms with Gasteiger partial charge >= 0.3 is 8.80 Å². The third-order valence-electron chi connectivity index (χ3n) is 1.87. The van der Waals surface area contributed by atoms with E-state index in [1.807, 2.05) is 0 Å². The summed E-state index contributed by atoms with van der Waals surface area (Å²) in [7, 11) is 0.685. The smallest absolute Gasteiger partial charge is 0.374 e. The fourth-order valence-corrected chi connectivity index (χ4v) is 2.28. The van der Waals surface area contributed by atoms with Crippen LogP contribution in [-0.4, -0.2) is 29.6 Å². The molecule has 0 heterocycles. The Balaban J connectivity index is 3.75. The molecule has 0 aromatic carbocycles. The lowest BCUT2D eigenvalue weighted by Crippen LogP contribution is -2.42. The van der Waals surface area contributed by atoms with Crippen molar-refractivity contribution >= 4 is 8.80 Å². The van der Waals surface area contributed by atoms with E-state index in [0.717, 1.165) is 6.42 Å². The van der Waals surface area contributed by atoms with Crippen LogP contribution in [0.25, 0.3) is 0 Å². The van der Waals surface area contributed by atoms with Gasteiger partial charge in [0.2, 0.25) is 0 Å². The Morgan fingerprint density at radius 1 is 1.23 bits per heavy atom. The highest BCUT2D eigenvalue weighted by Gasteiger charge is 2.34. The molecule has 0 rings (SSSR count). The molecule has 0 atom stereocenters. The van der Waals surface area contributed by atoms with Gasteiger partial charge in [-0.05, 0) is 12.1 Å². The van der Waals surface area contributed by atoms with Crippen molar-refractivity contribution in [2.24, 2.45) is 0 Å². The van der Waals surface area contributed by atoms with Gasteiger partial charge in [0.25, 0.3) is 0 Å². The monoisotopic (exact) mass is 204 g/mol. The molecule has 0 N–H and O–H groups in total. The Morgan fingerprint density at radius 2 is 1.85 bits per heavy atom. The van der Waals surface area contributed by atoms with Crippen molar-refractivity contribution in [2.45, 2.75) is 26.2 Å². The summed E-state index contributed by atoms with van der Waals surface area (Å²) in [5.74, 6) is 0. The van der Waals surface area contributed by atoms with E-state index in [1.165, 1.54) is 12.8 Å². The minimum atomic E-state index is -2.50. The Labute approximate surface area is 82.1 Å². The first-order valence-electron chi connectivity index (χ1n) is 4.62. The zero-order chi connectivity index (χ0) is 10.2. The zero-order valence-corrected chi connectivity index (χ0v) is 9.84. The molecule has 78 valence electrons. The Kier molecular flexibility index (Phi) is 7.17. The molecule has 0 saturated carbocycles. The molecule has 0 aliphatic rings. The SMILES string of the molecule is C=C[Si](OC)(OC)OCCCCC. The average molecular weight is 204 g/mol. The van der Waals surface area contributed by atoms with Gasteiger partial charge in [0.1, 0.15) is 0 Å². The maximum absolute atomic E-state index is 5.56. The Morgan fingerprint density at radius 3 is 2.23 bits per heavy atom. The van der Waals surface area contributed by atoms with Gasteiger partial charge in [-0.15, -0.1) is 0 Å². The third-order valence-corrected chi connectivity index (χ3v) is 4.11. The zero-order valence-electron chi connectivity index (χ0n) is 8.84. The van der Waals surface area contributed by atoms with Crippen LogP contribution in [0, 0.1) is 0 Å². The van der Waals surface area contributed by atoms with Crippen molar-refractivity contribution in [1.29, 1.82) is 0 Å². The maximum Gasteiger partial charge on any atom is 0.528 e. The minimum absolute atomic E-state index is 0.688. The van der Waals surface area contributed by atoms with Crippen molar-refractivity contribution in [2.75, 3.05) is 20.8 Å². The molecular weight excluding hydrogens is 184 g/mol. The summed E-state index contributed by atoms with van der Waals surface area (Å²) in [4.78, 5) is 0. The van der Waals surface area contributed by atoms with E-state index in [9.17, 15) is 0 Å². The van der Waals surface area contributed by atoms with Crippen LogP contribution in [0.15, 0.2) is 12.3 Å². The highest BCUT2D eigenvalue weighted by atomic mass is 28.4. The van der Waals surface area contributed by atoms with Gasteiger partial charge in [0.05, 0.1) is 0 Å². The molecule has 13 heavy (non-hydrogen) atoms. The molecule has 0 aliphatic carbocycles. The molecule has 0 spiro atoms. The molecule has 0 radical (unpaired) electrons. The molecule has 0 fully saturated rings. The van der Waals surface area contributed by atoms with Gasteiger partial charge in [-0.1, -0.05) is 26.3 Å². The van der Waals surface area contributed by atoms with Crippen LogP contribution in [0.2, 0.25) is 0 Å². The molecule has 4 heteroatoms. The van der Waals surface area contributed by atoms with Gasteiger partial charge in [0.15, 0.2) is 0 Å². The highest BCUT2D eigenvalue weighted by molar-refractivity contribution is 6.66. The predicted octanol–water partition coefficient (Wildman–Crippen LogP) is 2.15. The van der Waals surface area contributed by atoms with E-state index < -0.39 is 8.80 Å². The summed E-state index contributed by atoms with van der Waals surface area (Å²) in [5, 5.41) is 0. The van der Waals surface area contributed by atoms with E-state index in [1.54, 1.807) is 19.9 Å². The first-order chi connectivity index (χ1) is 6.24. The number of rotatable bonds is 8. The number of unbranched alkanes of at least 4 members (excludes halogenated alkanes) is 2. The molecular formula is C9H20O3Si. The van der Waals surface area contributed by atoms with Crippen LogP contribution >= 0.6 is 0 Å². The lowest BCUT2D eigenvalue weighted by Gasteiger charge is -2.22. The molecule has 3 nitrogen and oxygen atoms in total. The van der Waals surface area contributed by atoms with E-state index in [-0.39, 0.29) is 0 Å². The Bertz CT molecular complexity index is 135. The van der Waals surface area contributed by atoms with Gasteiger partial charge in [0, 0.05) is 20.8 Å². The van der Waals surface area contributed by atoms with Crippen LogP contribution in [0.4, 0.5) is 0 Å². The van der Waals surface area contributed by atoms with Crippen molar-refractivity contribution in [3.05, 3.63) is 12.3 Å². The van der Waals surface area contributed by atoms with Crippen LogP contribution in [0.5, 0.6) is 0 Å². The summed E-state index contributed by atoms with van der Waals surface area (Å²) in [6.45, 7) is 6.51. The summed E-state index contributed by atoms with van der Waals surface area (Å²) in [5.41, 5.74) is 1.65. The van der Waals surface area contributed by atoms with Crippen molar-refractivity contribution < 1.29 is 13.3 Å². The highest BCUT2D eigenvalue weighted by Crippen LogP contribution is 2.09. The summed E-state index contributed by atoms with van der Waals surface area (Å²) >= 11 is 0. The standard InChI is InChI=1S/C9H20O3Si/c1-5-7-8-9-12-13(6-2,10-3)11-4/h6H,2,5,7-9H2,1,3-4H3. The molecule has 0 aromatic rings. The second-order valence-corrected chi connectivity index (χ2v) is 5.49. The molecule has 0 unspecified atom stereocenters.